The fourth-order valence-electron chi connectivity index (χ4n) is 5.90. The first-order chi connectivity index (χ1) is 19.5. The zero-order valence-corrected chi connectivity index (χ0v) is 24.8. The van der Waals surface area contributed by atoms with Gasteiger partial charge >= 0.3 is 5.97 Å². The average Bonchev–Trinajstić information content (AvgIpc) is 3.50. The number of aliphatic carboxylic acids is 1. The van der Waals surface area contributed by atoms with Gasteiger partial charge in [0.15, 0.2) is 0 Å². The Morgan fingerprint density at radius 3 is 2.54 bits per heavy atom. The quantitative estimate of drug-likeness (QED) is 0.373. The second-order valence-corrected chi connectivity index (χ2v) is 13.1. The molecule has 1 unspecified atom stereocenters. The summed E-state index contributed by atoms with van der Waals surface area (Å²) in [5, 5.41) is 13.2. The van der Waals surface area contributed by atoms with Crippen molar-refractivity contribution in [2.24, 2.45) is 5.41 Å². The number of benzene rings is 2. The topological polar surface area (TPSA) is 118 Å². The molecule has 0 bridgehead atoms. The summed E-state index contributed by atoms with van der Waals surface area (Å²) in [6.45, 7) is 2.45. The van der Waals surface area contributed by atoms with E-state index in [1.54, 1.807) is 13.2 Å². The van der Waals surface area contributed by atoms with Crippen LogP contribution in [0.2, 0.25) is 0 Å². The molecule has 10 nitrogen and oxygen atoms in total. The first-order valence-corrected chi connectivity index (χ1v) is 14.5. The highest BCUT2D eigenvalue weighted by atomic mass is 32.1. The molecule has 11 heteroatoms. The van der Waals surface area contributed by atoms with Crippen molar-refractivity contribution in [2.75, 3.05) is 54.5 Å². The van der Waals surface area contributed by atoms with Gasteiger partial charge < -0.3 is 29.3 Å². The predicted octanol–water partition coefficient (Wildman–Crippen LogP) is 2.73. The van der Waals surface area contributed by atoms with Crippen LogP contribution >= 0.6 is 11.3 Å². The smallest absolute Gasteiger partial charge is 0.304 e. The van der Waals surface area contributed by atoms with Gasteiger partial charge in [0.2, 0.25) is 5.91 Å². The van der Waals surface area contributed by atoms with Crippen molar-refractivity contribution < 1.29 is 33.4 Å². The molecule has 1 saturated heterocycles. The van der Waals surface area contributed by atoms with E-state index in [4.69, 9.17) is 14.5 Å². The summed E-state index contributed by atoms with van der Waals surface area (Å²) < 4.78 is 13.1. The van der Waals surface area contributed by atoms with Crippen molar-refractivity contribution in [1.82, 2.24) is 15.2 Å². The van der Waals surface area contributed by atoms with Gasteiger partial charge in [0, 0.05) is 12.6 Å². The summed E-state index contributed by atoms with van der Waals surface area (Å²) in [7, 11) is 7.84. The monoisotopic (exact) mass is 581 g/mol. The molecule has 2 heterocycles. The minimum absolute atomic E-state index is 0.0472. The largest absolute Gasteiger partial charge is 0.496 e. The number of fused-ring (bicyclic) bond motifs is 2. The summed E-state index contributed by atoms with van der Waals surface area (Å²) in [6, 6.07) is 11.3. The molecule has 0 saturated carbocycles. The van der Waals surface area contributed by atoms with E-state index in [1.807, 2.05) is 35.2 Å². The Morgan fingerprint density at radius 2 is 1.90 bits per heavy atom. The maximum absolute atomic E-state index is 13.6. The number of carboxylic acids is 1. The first kappa shape index (κ1) is 29.0. The van der Waals surface area contributed by atoms with Gasteiger partial charge in [0.1, 0.15) is 23.4 Å². The van der Waals surface area contributed by atoms with Crippen LogP contribution in [0.3, 0.4) is 0 Å². The molecular weight excluding hydrogens is 544 g/mol. The average molecular weight is 582 g/mol. The molecule has 2 N–H and O–H groups in total. The van der Waals surface area contributed by atoms with Crippen LogP contribution in [-0.4, -0.2) is 97.9 Å². The van der Waals surface area contributed by atoms with Crippen LogP contribution in [0.1, 0.15) is 32.9 Å². The number of ether oxygens (including phenoxy) is 2. The Bertz CT molecular complexity index is 1450. The van der Waals surface area contributed by atoms with E-state index in [1.165, 1.54) is 11.3 Å². The highest BCUT2D eigenvalue weighted by molar-refractivity contribution is 7.18. The zero-order chi connectivity index (χ0) is 29.4. The third kappa shape index (κ3) is 6.37. The van der Waals surface area contributed by atoms with E-state index < -0.39 is 11.4 Å². The number of aromatic nitrogens is 1. The third-order valence-electron chi connectivity index (χ3n) is 7.71. The van der Waals surface area contributed by atoms with Gasteiger partial charge in [-0.3, -0.25) is 14.4 Å². The molecule has 2 amide bonds. The fourth-order valence-corrected chi connectivity index (χ4v) is 6.82. The van der Waals surface area contributed by atoms with E-state index in [2.05, 4.69) is 26.5 Å². The molecule has 0 radical (unpaired) electrons. The maximum Gasteiger partial charge on any atom is 0.304 e. The Kier molecular flexibility index (Phi) is 8.04. The number of thiazole rings is 1. The van der Waals surface area contributed by atoms with E-state index >= 15 is 0 Å². The van der Waals surface area contributed by atoms with E-state index in [0.717, 1.165) is 26.9 Å². The molecule has 1 aliphatic carbocycles. The van der Waals surface area contributed by atoms with Crippen LogP contribution in [0, 0.1) is 5.41 Å². The summed E-state index contributed by atoms with van der Waals surface area (Å²) in [6.07, 6.45) is 0.490. The number of hydrogen-bond donors (Lipinski definition) is 2. The second-order valence-electron chi connectivity index (χ2n) is 12.0. The highest BCUT2D eigenvalue weighted by Crippen LogP contribution is 2.40. The fraction of sp³-hybridized carbons (Fsp3) is 0.467. The SMILES string of the molecule is COc1cc2sc(CNC(=O)C3(CC(=O)O)Cc4ccccc4C3)nc2cc1C(=O)N1CCOC(C[N+](C)(C)C)C1. The number of methoxy groups -OCH3 is 1. The number of nitrogens with zero attached hydrogens (tertiary/aromatic N) is 3. The van der Waals surface area contributed by atoms with Gasteiger partial charge in [-0.25, -0.2) is 4.98 Å². The molecule has 1 aromatic heterocycles. The lowest BCUT2D eigenvalue weighted by molar-refractivity contribution is -0.873. The van der Waals surface area contributed by atoms with Crippen LogP contribution < -0.4 is 10.1 Å². The Morgan fingerprint density at radius 1 is 1.20 bits per heavy atom. The van der Waals surface area contributed by atoms with Crippen LogP contribution in [0.4, 0.5) is 0 Å². The van der Waals surface area contributed by atoms with Gasteiger partial charge in [-0.2, -0.15) is 0 Å². The van der Waals surface area contributed by atoms with Crippen molar-refractivity contribution in [1.29, 1.82) is 0 Å². The van der Waals surface area contributed by atoms with Gasteiger partial charge in [-0.1, -0.05) is 24.3 Å². The maximum atomic E-state index is 13.6. The Balaban J connectivity index is 1.32. The summed E-state index contributed by atoms with van der Waals surface area (Å²) in [4.78, 5) is 45.2. The number of quaternary nitrogens is 1. The molecule has 218 valence electrons. The molecule has 1 aliphatic heterocycles. The number of carboxylic acid groups (broad SMARTS) is 1. The minimum atomic E-state index is -1.03. The standard InChI is InChI=1S/C30H36N4O6S/c1-34(2,3)18-21-17-33(9-10-40-21)28(37)22-11-23-25(12-24(22)39-4)41-26(32-23)16-31-29(38)30(15-27(35)36)13-19-7-5-6-8-20(19)14-30/h5-8,11-12,21H,9-10,13-18H2,1-4H3,(H-,31,35,36,38)/p+1. The van der Waals surface area contributed by atoms with Crippen molar-refractivity contribution in [3.63, 3.8) is 0 Å². The van der Waals surface area contributed by atoms with Crippen LogP contribution in [0.5, 0.6) is 5.75 Å². The van der Waals surface area contributed by atoms with Gasteiger partial charge in [0.05, 0.1) is 75.6 Å². The van der Waals surface area contributed by atoms with Gasteiger partial charge in [-0.15, -0.1) is 11.3 Å². The normalized spacial score (nSPS) is 18.2. The lowest BCUT2D eigenvalue weighted by atomic mass is 9.80. The number of morpholine rings is 1. The molecule has 1 fully saturated rings. The van der Waals surface area contributed by atoms with E-state index in [0.29, 0.717) is 54.4 Å². The third-order valence-corrected chi connectivity index (χ3v) is 8.73. The van der Waals surface area contributed by atoms with Crippen molar-refractivity contribution in [3.8, 4) is 5.75 Å². The van der Waals surface area contributed by atoms with Crippen molar-refractivity contribution in [3.05, 3.63) is 58.1 Å². The van der Waals surface area contributed by atoms with Crippen molar-refractivity contribution >= 4 is 39.3 Å². The number of nitrogens with one attached hydrogen (secondary N) is 1. The zero-order valence-electron chi connectivity index (χ0n) is 23.9. The number of amides is 2. The Labute approximate surface area is 243 Å². The number of carbonyl (C=O) groups is 3. The molecule has 2 aromatic carbocycles. The molecule has 0 spiro atoms. The second kappa shape index (κ2) is 11.4. The summed E-state index contributed by atoms with van der Waals surface area (Å²) in [5.74, 6) is -0.945. The number of rotatable bonds is 9. The van der Waals surface area contributed by atoms with Crippen LogP contribution in [-0.2, 0) is 33.7 Å². The molecular formula is C30H37N4O6S+. The highest BCUT2D eigenvalue weighted by Gasteiger charge is 2.45. The summed E-state index contributed by atoms with van der Waals surface area (Å²) in [5.41, 5.74) is 2.08. The number of likely N-dealkylation sites (N-methyl/N-ethyl adjacent to an activating group) is 1. The first-order valence-electron chi connectivity index (χ1n) is 13.7. The van der Waals surface area contributed by atoms with E-state index in [-0.39, 0.29) is 30.9 Å². The van der Waals surface area contributed by atoms with Gasteiger partial charge in [0.25, 0.3) is 5.91 Å². The minimum Gasteiger partial charge on any atom is -0.496 e. The molecule has 2 aliphatic rings. The predicted molar refractivity (Wildman–Crippen MR) is 155 cm³/mol. The summed E-state index contributed by atoms with van der Waals surface area (Å²) >= 11 is 1.41. The molecule has 1 atom stereocenters. The van der Waals surface area contributed by atoms with E-state index in [9.17, 15) is 19.5 Å². The van der Waals surface area contributed by atoms with Crippen LogP contribution in [0.25, 0.3) is 10.2 Å². The number of hydrogen-bond acceptors (Lipinski definition) is 7. The molecule has 3 aromatic rings. The molecule has 5 rings (SSSR count). The number of carbonyl (C=O) groups excluding carboxylic acids is 2. The van der Waals surface area contributed by atoms with Crippen LogP contribution in [0.15, 0.2) is 36.4 Å². The van der Waals surface area contributed by atoms with Gasteiger partial charge in [-0.05, 0) is 30.0 Å². The lowest BCUT2D eigenvalue weighted by Crippen LogP contribution is -2.52. The lowest BCUT2D eigenvalue weighted by Gasteiger charge is -2.36. The molecule has 41 heavy (non-hydrogen) atoms. The Hall–Kier alpha value is -3.54. The van der Waals surface area contributed by atoms with Crippen molar-refractivity contribution in [2.45, 2.75) is 31.9 Å².